The van der Waals surface area contributed by atoms with Crippen molar-refractivity contribution in [2.75, 3.05) is 18.4 Å². The van der Waals surface area contributed by atoms with Crippen LogP contribution in [0.4, 0.5) is 5.95 Å². The molecule has 4 heterocycles. The number of halogens is 2. The Kier molecular flexibility index (Phi) is 6.09. The van der Waals surface area contributed by atoms with Crippen molar-refractivity contribution in [3.8, 4) is 11.4 Å². The van der Waals surface area contributed by atoms with E-state index >= 15 is 0 Å². The highest BCUT2D eigenvalue weighted by Gasteiger charge is 2.23. The second kappa shape index (κ2) is 9.12. The molecule has 3 aromatic heterocycles. The third-order valence-corrected chi connectivity index (χ3v) is 7.02. The van der Waals surface area contributed by atoms with Crippen LogP contribution in [0.2, 0.25) is 10.0 Å². The summed E-state index contributed by atoms with van der Waals surface area (Å²) in [5.74, 6) is 1.81. The molecule has 6 nitrogen and oxygen atoms in total. The average molecular weight is 473 g/mol. The number of hydrogen-bond donors (Lipinski definition) is 2. The molecule has 2 N–H and O–H groups in total. The third-order valence-electron chi connectivity index (χ3n) is 5.51. The smallest absolute Gasteiger partial charge is 0.225 e. The van der Waals surface area contributed by atoms with Crippen molar-refractivity contribution < 1.29 is 0 Å². The summed E-state index contributed by atoms with van der Waals surface area (Å²) in [5, 5.41) is 10.0. The van der Waals surface area contributed by atoms with Crippen molar-refractivity contribution in [3.63, 3.8) is 0 Å². The minimum atomic E-state index is 0.489. The summed E-state index contributed by atoms with van der Waals surface area (Å²) in [6.07, 6.45) is 4.10. The molecule has 1 atom stereocenters. The first-order valence-corrected chi connectivity index (χ1v) is 12.0. The Bertz CT molecular complexity index is 1160. The molecule has 1 aliphatic heterocycles. The maximum absolute atomic E-state index is 6.55. The van der Waals surface area contributed by atoms with Crippen LogP contribution in [0.5, 0.6) is 0 Å². The van der Waals surface area contributed by atoms with Gasteiger partial charge in [-0.25, -0.2) is 9.97 Å². The zero-order chi connectivity index (χ0) is 21.2. The van der Waals surface area contributed by atoms with Gasteiger partial charge in [-0.05, 0) is 55.4 Å². The number of hydrogen-bond acceptors (Lipinski definition) is 6. The van der Waals surface area contributed by atoms with E-state index in [1.807, 2.05) is 24.3 Å². The Hall–Kier alpha value is -2.19. The topological polar surface area (TPSA) is 67.7 Å². The number of thiophene rings is 1. The Balaban J connectivity index is 1.57. The zero-order valence-electron chi connectivity index (χ0n) is 16.8. The first-order chi connectivity index (χ1) is 15.2. The Morgan fingerprint density at radius 1 is 1.16 bits per heavy atom. The molecule has 0 amide bonds. The quantitative estimate of drug-likeness (QED) is 0.389. The van der Waals surface area contributed by atoms with E-state index in [0.717, 1.165) is 48.6 Å². The summed E-state index contributed by atoms with van der Waals surface area (Å²) in [4.78, 5) is 15.4. The minimum absolute atomic E-state index is 0.489. The highest BCUT2D eigenvalue weighted by Crippen LogP contribution is 2.36. The maximum atomic E-state index is 6.55. The molecule has 1 fully saturated rings. The number of nitrogens with one attached hydrogen (secondary N) is 2. The highest BCUT2D eigenvalue weighted by molar-refractivity contribution is 7.09. The van der Waals surface area contributed by atoms with Crippen LogP contribution in [0.3, 0.4) is 0 Å². The zero-order valence-corrected chi connectivity index (χ0v) is 19.1. The van der Waals surface area contributed by atoms with Crippen LogP contribution in [0.25, 0.3) is 22.6 Å². The average Bonchev–Trinajstić information content (AvgIpc) is 3.41. The molecule has 0 unspecified atom stereocenters. The van der Waals surface area contributed by atoms with Crippen molar-refractivity contribution in [3.05, 3.63) is 56.8 Å². The van der Waals surface area contributed by atoms with E-state index in [1.54, 1.807) is 17.5 Å². The molecule has 160 valence electrons. The standard InChI is InChI=1S/C22H22Cl2N6S/c23-16-6-1-7-17(24)19(16)21-28-18-12-27-22(26-11-15-5-3-9-31-15)29-20(18)30(21)13-14-4-2-8-25-10-14/h1,3,5-7,9,12,14,25H,2,4,8,10-11,13H2,(H,26,27,29)/t14-/m1/s1. The predicted molar refractivity (Wildman–Crippen MR) is 128 cm³/mol. The molecule has 1 aliphatic rings. The Morgan fingerprint density at radius 2 is 2.03 bits per heavy atom. The van der Waals surface area contributed by atoms with E-state index in [0.29, 0.717) is 28.5 Å². The van der Waals surface area contributed by atoms with Gasteiger partial charge in [0.05, 0.1) is 28.4 Å². The number of anilines is 1. The van der Waals surface area contributed by atoms with Gasteiger partial charge in [0, 0.05) is 11.4 Å². The summed E-state index contributed by atoms with van der Waals surface area (Å²) in [7, 11) is 0. The molecule has 5 rings (SSSR count). The van der Waals surface area contributed by atoms with E-state index < -0.39 is 0 Å². The second-order valence-electron chi connectivity index (χ2n) is 7.69. The van der Waals surface area contributed by atoms with Crippen molar-refractivity contribution in [1.29, 1.82) is 0 Å². The van der Waals surface area contributed by atoms with Crippen LogP contribution < -0.4 is 10.6 Å². The van der Waals surface area contributed by atoms with Crippen LogP contribution in [-0.4, -0.2) is 32.6 Å². The first kappa shape index (κ1) is 20.7. The van der Waals surface area contributed by atoms with E-state index in [2.05, 4.69) is 31.6 Å². The van der Waals surface area contributed by atoms with Crippen molar-refractivity contribution in [2.45, 2.75) is 25.9 Å². The highest BCUT2D eigenvalue weighted by atomic mass is 35.5. The van der Waals surface area contributed by atoms with Gasteiger partial charge >= 0.3 is 0 Å². The van der Waals surface area contributed by atoms with E-state index in [-0.39, 0.29) is 0 Å². The predicted octanol–water partition coefficient (Wildman–Crippen LogP) is 5.47. The summed E-state index contributed by atoms with van der Waals surface area (Å²) in [5.41, 5.74) is 2.26. The number of piperidine rings is 1. The largest absolute Gasteiger partial charge is 0.349 e. The van der Waals surface area contributed by atoms with Crippen molar-refractivity contribution >= 4 is 51.7 Å². The number of imidazole rings is 1. The molecule has 0 saturated carbocycles. The van der Waals surface area contributed by atoms with Crippen LogP contribution in [0.15, 0.2) is 41.9 Å². The maximum Gasteiger partial charge on any atom is 0.225 e. The van der Waals surface area contributed by atoms with Crippen LogP contribution in [-0.2, 0) is 13.1 Å². The van der Waals surface area contributed by atoms with Gasteiger partial charge in [-0.2, -0.15) is 4.98 Å². The fraction of sp³-hybridized carbons (Fsp3) is 0.318. The molecular weight excluding hydrogens is 451 g/mol. The normalized spacial score (nSPS) is 16.6. The summed E-state index contributed by atoms with van der Waals surface area (Å²) in [6, 6.07) is 9.66. The second-order valence-corrected chi connectivity index (χ2v) is 9.54. The lowest BCUT2D eigenvalue weighted by molar-refractivity contribution is 0.341. The van der Waals surface area contributed by atoms with Gasteiger partial charge < -0.3 is 15.2 Å². The van der Waals surface area contributed by atoms with Crippen LogP contribution >= 0.6 is 34.5 Å². The van der Waals surface area contributed by atoms with Crippen molar-refractivity contribution in [1.82, 2.24) is 24.8 Å². The van der Waals surface area contributed by atoms with E-state index in [1.165, 1.54) is 11.3 Å². The first-order valence-electron chi connectivity index (χ1n) is 10.3. The number of fused-ring (bicyclic) bond motifs is 1. The molecule has 31 heavy (non-hydrogen) atoms. The molecule has 0 bridgehead atoms. The summed E-state index contributed by atoms with van der Waals surface area (Å²) < 4.78 is 2.15. The van der Waals surface area contributed by atoms with Gasteiger partial charge in [0.1, 0.15) is 11.3 Å². The van der Waals surface area contributed by atoms with E-state index in [9.17, 15) is 0 Å². The monoisotopic (exact) mass is 472 g/mol. The summed E-state index contributed by atoms with van der Waals surface area (Å²) in [6.45, 7) is 3.53. The van der Waals surface area contributed by atoms with Gasteiger partial charge in [0.2, 0.25) is 5.95 Å². The fourth-order valence-electron chi connectivity index (χ4n) is 4.00. The lowest BCUT2D eigenvalue weighted by atomic mass is 9.99. The van der Waals surface area contributed by atoms with Gasteiger partial charge in [0.15, 0.2) is 5.65 Å². The number of rotatable bonds is 6. The molecule has 9 heteroatoms. The minimum Gasteiger partial charge on any atom is -0.349 e. The van der Waals surface area contributed by atoms with Gasteiger partial charge in [-0.15, -0.1) is 11.3 Å². The SMILES string of the molecule is Clc1cccc(Cl)c1-c1nc2cnc(NCc3cccs3)nc2n1C[C@@H]1CCCNC1. The number of aromatic nitrogens is 4. The Morgan fingerprint density at radius 3 is 2.77 bits per heavy atom. The molecule has 0 aliphatic carbocycles. The van der Waals surface area contributed by atoms with Gasteiger partial charge in [0.25, 0.3) is 0 Å². The van der Waals surface area contributed by atoms with Gasteiger partial charge in [-0.1, -0.05) is 35.3 Å². The molecule has 1 saturated heterocycles. The van der Waals surface area contributed by atoms with Gasteiger partial charge in [-0.3, -0.25) is 0 Å². The lowest BCUT2D eigenvalue weighted by Crippen LogP contribution is -2.32. The lowest BCUT2D eigenvalue weighted by Gasteiger charge is -2.24. The van der Waals surface area contributed by atoms with Crippen LogP contribution in [0.1, 0.15) is 17.7 Å². The molecule has 4 aromatic rings. The van der Waals surface area contributed by atoms with Crippen molar-refractivity contribution in [2.24, 2.45) is 5.92 Å². The number of benzene rings is 1. The Labute approximate surface area is 194 Å². The molecular formula is C22H22Cl2N6S. The molecule has 0 spiro atoms. The molecule has 0 radical (unpaired) electrons. The summed E-state index contributed by atoms with van der Waals surface area (Å²) >= 11 is 14.8. The number of nitrogens with zero attached hydrogens (tertiary/aromatic N) is 4. The van der Waals surface area contributed by atoms with E-state index in [4.69, 9.17) is 33.2 Å². The fourth-order valence-corrected chi connectivity index (χ4v) is 5.21. The van der Waals surface area contributed by atoms with Crippen LogP contribution in [0, 0.1) is 5.92 Å². The molecule has 1 aromatic carbocycles. The third kappa shape index (κ3) is 4.41.